The van der Waals surface area contributed by atoms with Gasteiger partial charge in [0.2, 0.25) is 10.0 Å². The molecule has 2 aliphatic heterocycles. The summed E-state index contributed by atoms with van der Waals surface area (Å²) in [5.41, 5.74) is 3.21. The van der Waals surface area contributed by atoms with E-state index in [1.165, 1.54) is 19.1 Å². The first-order valence-electron chi connectivity index (χ1n) is 11.2. The van der Waals surface area contributed by atoms with Crippen molar-refractivity contribution in [3.8, 4) is 0 Å². The zero-order valence-corrected chi connectivity index (χ0v) is 20.2. The van der Waals surface area contributed by atoms with Crippen molar-refractivity contribution in [3.05, 3.63) is 18.1 Å². The van der Waals surface area contributed by atoms with E-state index in [1.54, 1.807) is 4.31 Å². The number of pyridine rings is 1. The van der Waals surface area contributed by atoms with Crippen LogP contribution in [-0.4, -0.2) is 76.9 Å². The predicted octanol–water partition coefficient (Wildman–Crippen LogP) is 3.38. The van der Waals surface area contributed by atoms with Crippen molar-refractivity contribution in [2.45, 2.75) is 57.7 Å². The molecule has 0 spiro atoms. The number of hydrogen-bond acceptors (Lipinski definition) is 6. The fourth-order valence-corrected chi connectivity index (χ4v) is 5.16. The topological polar surface area (TPSA) is 109 Å². The number of nitrogens with zero attached hydrogens (tertiary/aromatic N) is 5. The predicted molar refractivity (Wildman–Crippen MR) is 121 cm³/mol. The van der Waals surface area contributed by atoms with Crippen molar-refractivity contribution in [1.29, 1.82) is 0 Å². The summed E-state index contributed by atoms with van der Waals surface area (Å²) >= 11 is 0. The lowest BCUT2D eigenvalue weighted by atomic mass is 9.94. The summed E-state index contributed by atoms with van der Waals surface area (Å²) in [5.74, 6) is -1.46. The van der Waals surface area contributed by atoms with E-state index >= 15 is 0 Å². The van der Waals surface area contributed by atoms with Gasteiger partial charge in [-0.25, -0.2) is 27.5 Å². The molecule has 13 heteroatoms. The number of hydrogen-bond donors (Lipinski definition) is 1. The number of alkyl halides is 3. The Kier molecular flexibility index (Phi) is 7.75. The molecule has 4 rings (SSSR count). The average Bonchev–Trinajstić information content (AvgIpc) is 3.42. The summed E-state index contributed by atoms with van der Waals surface area (Å²) in [6.45, 7) is 7.55. The molecule has 9 nitrogen and oxygen atoms in total. The molecule has 2 aromatic rings. The molecule has 4 heterocycles. The van der Waals surface area contributed by atoms with Crippen LogP contribution in [0.1, 0.15) is 57.2 Å². The molecule has 0 aromatic carbocycles. The van der Waals surface area contributed by atoms with Gasteiger partial charge in [0.25, 0.3) is 0 Å². The summed E-state index contributed by atoms with van der Waals surface area (Å²) in [4.78, 5) is 21.0. The van der Waals surface area contributed by atoms with Gasteiger partial charge in [-0.05, 0) is 45.6 Å². The molecular weight excluding hydrogens is 475 g/mol. The minimum atomic E-state index is -5.08. The second kappa shape index (κ2) is 10.1. The molecule has 0 radical (unpaired) electrons. The minimum absolute atomic E-state index is 0.296. The normalized spacial score (nSPS) is 18.4. The highest BCUT2D eigenvalue weighted by atomic mass is 32.2. The number of anilines is 1. The lowest BCUT2D eigenvalue weighted by Crippen LogP contribution is -2.37. The lowest BCUT2D eigenvalue weighted by Gasteiger charge is -2.30. The molecule has 2 saturated heterocycles. The Morgan fingerprint density at radius 1 is 1.15 bits per heavy atom. The number of aromatic nitrogens is 3. The van der Waals surface area contributed by atoms with E-state index in [0.717, 1.165) is 48.5 Å². The number of sulfonamides is 1. The Bertz CT molecular complexity index is 1120. The highest BCUT2D eigenvalue weighted by Crippen LogP contribution is 2.34. The van der Waals surface area contributed by atoms with Crippen LogP contribution in [0.25, 0.3) is 11.0 Å². The molecule has 2 aliphatic rings. The third kappa shape index (κ3) is 5.98. The van der Waals surface area contributed by atoms with Gasteiger partial charge >= 0.3 is 12.1 Å². The molecule has 0 atom stereocenters. The number of carbonyl (C=O) groups is 1. The number of aliphatic carboxylic acids is 1. The molecule has 190 valence electrons. The Balaban J connectivity index is 0.000000406. The summed E-state index contributed by atoms with van der Waals surface area (Å²) in [6.07, 6.45) is 2.18. The van der Waals surface area contributed by atoms with Crippen LogP contribution < -0.4 is 4.90 Å². The molecule has 0 unspecified atom stereocenters. The number of carboxylic acid groups (broad SMARTS) is 1. The van der Waals surface area contributed by atoms with Crippen molar-refractivity contribution in [3.63, 3.8) is 0 Å². The van der Waals surface area contributed by atoms with E-state index in [4.69, 9.17) is 14.9 Å². The Morgan fingerprint density at radius 3 is 2.18 bits per heavy atom. The van der Waals surface area contributed by atoms with Gasteiger partial charge in [-0.3, -0.25) is 0 Å². The quantitative estimate of drug-likeness (QED) is 0.679. The van der Waals surface area contributed by atoms with Crippen LogP contribution >= 0.6 is 0 Å². The fourth-order valence-electron chi connectivity index (χ4n) is 4.29. The van der Waals surface area contributed by atoms with E-state index in [0.29, 0.717) is 25.0 Å². The molecular formula is C21H30F3N5O4S. The number of carboxylic acids is 1. The van der Waals surface area contributed by atoms with Gasteiger partial charge in [0, 0.05) is 43.8 Å². The first-order valence-corrected chi connectivity index (χ1v) is 13.0. The first kappa shape index (κ1) is 26.2. The van der Waals surface area contributed by atoms with Crippen LogP contribution in [0.2, 0.25) is 0 Å². The fraction of sp³-hybridized carbons (Fsp3) is 0.667. The van der Waals surface area contributed by atoms with Crippen LogP contribution in [-0.2, 0) is 14.8 Å². The van der Waals surface area contributed by atoms with Gasteiger partial charge in [0.1, 0.15) is 5.52 Å². The van der Waals surface area contributed by atoms with Gasteiger partial charge in [0.05, 0.1) is 18.1 Å². The Labute approximate surface area is 196 Å². The molecule has 2 aromatic heterocycles. The van der Waals surface area contributed by atoms with E-state index in [9.17, 15) is 21.6 Å². The van der Waals surface area contributed by atoms with Crippen molar-refractivity contribution in [1.82, 2.24) is 18.8 Å². The van der Waals surface area contributed by atoms with Crippen LogP contribution in [0.3, 0.4) is 0 Å². The lowest BCUT2D eigenvalue weighted by molar-refractivity contribution is -0.192. The summed E-state index contributed by atoms with van der Waals surface area (Å²) in [5, 5.41) is 7.12. The van der Waals surface area contributed by atoms with Gasteiger partial charge in [-0.2, -0.15) is 13.2 Å². The van der Waals surface area contributed by atoms with Gasteiger partial charge in [-0.15, -0.1) is 0 Å². The first-order chi connectivity index (χ1) is 15.8. The van der Waals surface area contributed by atoms with Crippen molar-refractivity contribution in [2.24, 2.45) is 0 Å². The standard InChI is InChI=1S/C19H29N5O2S.C2HF3O2/c1-14(2)24-13-20-18-17(24)12-16(21-19(18)22-8-4-5-9-22)15-6-10-23(11-7-15)27(3,25)26;3-2(4,5)1(6)7/h12-15H,4-11H2,1-3H3;(H,6,7). The summed E-state index contributed by atoms with van der Waals surface area (Å²) in [6, 6.07) is 2.52. The van der Waals surface area contributed by atoms with Gasteiger partial charge in [-0.1, -0.05) is 0 Å². The highest BCUT2D eigenvalue weighted by molar-refractivity contribution is 7.88. The number of halogens is 3. The van der Waals surface area contributed by atoms with Crippen LogP contribution in [0.5, 0.6) is 0 Å². The van der Waals surface area contributed by atoms with Crippen LogP contribution in [0.4, 0.5) is 19.0 Å². The maximum atomic E-state index is 11.8. The Hall–Kier alpha value is -2.41. The maximum Gasteiger partial charge on any atom is 0.490 e. The average molecular weight is 506 g/mol. The van der Waals surface area contributed by atoms with Crippen molar-refractivity contribution in [2.75, 3.05) is 37.3 Å². The zero-order chi connectivity index (χ0) is 25.3. The van der Waals surface area contributed by atoms with E-state index in [2.05, 4.69) is 34.4 Å². The van der Waals surface area contributed by atoms with Crippen LogP contribution in [0, 0.1) is 0 Å². The number of rotatable bonds is 4. The minimum Gasteiger partial charge on any atom is -0.475 e. The molecule has 1 N–H and O–H groups in total. The van der Waals surface area contributed by atoms with Gasteiger partial charge in [0.15, 0.2) is 5.82 Å². The third-order valence-corrected chi connectivity index (χ3v) is 7.41. The van der Waals surface area contributed by atoms with Crippen molar-refractivity contribution >= 4 is 32.8 Å². The van der Waals surface area contributed by atoms with E-state index in [-0.39, 0.29) is 0 Å². The Morgan fingerprint density at radius 2 is 1.71 bits per heavy atom. The third-order valence-electron chi connectivity index (χ3n) is 6.11. The second-order valence-electron chi connectivity index (χ2n) is 8.92. The van der Waals surface area contributed by atoms with E-state index < -0.39 is 22.2 Å². The smallest absolute Gasteiger partial charge is 0.475 e. The summed E-state index contributed by atoms with van der Waals surface area (Å²) < 4.78 is 59.2. The molecule has 0 bridgehead atoms. The zero-order valence-electron chi connectivity index (χ0n) is 19.4. The maximum absolute atomic E-state index is 11.8. The highest BCUT2D eigenvalue weighted by Gasteiger charge is 2.38. The van der Waals surface area contributed by atoms with E-state index in [1.807, 2.05) is 6.33 Å². The number of imidazole rings is 1. The monoisotopic (exact) mass is 505 g/mol. The summed E-state index contributed by atoms with van der Waals surface area (Å²) in [7, 11) is -3.11. The number of piperidine rings is 1. The molecule has 0 aliphatic carbocycles. The molecule has 34 heavy (non-hydrogen) atoms. The molecule has 0 amide bonds. The number of fused-ring (bicyclic) bond motifs is 1. The molecule has 0 saturated carbocycles. The largest absolute Gasteiger partial charge is 0.490 e. The van der Waals surface area contributed by atoms with Gasteiger partial charge < -0.3 is 14.6 Å². The molecule has 2 fully saturated rings. The van der Waals surface area contributed by atoms with Crippen molar-refractivity contribution < 1.29 is 31.5 Å². The second-order valence-corrected chi connectivity index (χ2v) is 10.9. The SMILES string of the molecule is CC(C)n1cnc2c(N3CCCC3)nc(C3CCN(S(C)(=O)=O)CC3)cc21.O=C(O)C(F)(F)F. The van der Waals surface area contributed by atoms with Crippen LogP contribution in [0.15, 0.2) is 12.4 Å².